The zero-order valence-corrected chi connectivity index (χ0v) is 16.6. The van der Waals surface area contributed by atoms with Gasteiger partial charge in [-0.2, -0.15) is 0 Å². The zero-order valence-electron chi connectivity index (χ0n) is 16.6. The molecule has 2 nitrogen and oxygen atoms in total. The Balaban J connectivity index is 1.78. The van der Waals surface area contributed by atoms with E-state index >= 15 is 0 Å². The Morgan fingerprint density at radius 3 is 2.10 bits per heavy atom. The Labute approximate surface area is 176 Å². The first-order chi connectivity index (χ1) is 14.7. The van der Waals surface area contributed by atoms with E-state index in [0.717, 1.165) is 34.2 Å². The van der Waals surface area contributed by atoms with Crippen molar-refractivity contribution in [3.05, 3.63) is 131 Å². The topological polar surface area (TPSA) is 37.3 Å². The average Bonchev–Trinajstić information content (AvgIpc) is 3.17. The predicted molar refractivity (Wildman–Crippen MR) is 120 cm³/mol. The van der Waals surface area contributed by atoms with E-state index in [1.807, 2.05) is 78.9 Å². The van der Waals surface area contributed by atoms with Crippen molar-refractivity contribution in [1.29, 1.82) is 0 Å². The van der Waals surface area contributed by atoms with Crippen molar-refractivity contribution in [2.24, 2.45) is 0 Å². The van der Waals surface area contributed by atoms with Crippen molar-refractivity contribution < 1.29 is 9.90 Å². The molecule has 30 heavy (non-hydrogen) atoms. The third kappa shape index (κ3) is 2.84. The molecule has 0 aromatic heterocycles. The molecule has 0 heterocycles. The number of carboxylic acids is 1. The van der Waals surface area contributed by atoms with Gasteiger partial charge in [0.1, 0.15) is 5.41 Å². The average molecular weight is 390 g/mol. The fraction of sp³-hybridized carbons (Fsp3) is 0.107. The van der Waals surface area contributed by atoms with Crippen LogP contribution in [-0.2, 0) is 23.1 Å². The fourth-order valence-electron chi connectivity index (χ4n) is 4.85. The molecule has 0 fully saturated rings. The van der Waals surface area contributed by atoms with E-state index in [-0.39, 0.29) is 0 Å². The maximum Gasteiger partial charge on any atom is 0.318 e. The maximum atomic E-state index is 13.1. The van der Waals surface area contributed by atoms with Gasteiger partial charge in [0, 0.05) is 0 Å². The van der Waals surface area contributed by atoms with Crippen LogP contribution in [0.15, 0.2) is 103 Å². The Hall–Kier alpha value is -3.65. The highest BCUT2D eigenvalue weighted by Gasteiger charge is 2.44. The molecule has 0 amide bonds. The molecule has 2 heteroatoms. The number of carbonyl (C=O) groups is 1. The zero-order chi connectivity index (χ0) is 20.6. The van der Waals surface area contributed by atoms with Crippen molar-refractivity contribution in [2.45, 2.75) is 18.3 Å². The minimum absolute atomic E-state index is 0.403. The smallest absolute Gasteiger partial charge is 0.318 e. The molecular weight excluding hydrogens is 368 g/mol. The molecule has 0 saturated carbocycles. The number of aliphatic carboxylic acids is 1. The number of benzene rings is 4. The van der Waals surface area contributed by atoms with Crippen molar-refractivity contribution in [1.82, 2.24) is 0 Å². The molecule has 0 radical (unpaired) electrons. The minimum Gasteiger partial charge on any atom is -0.480 e. The summed E-state index contributed by atoms with van der Waals surface area (Å²) in [5, 5.41) is 10.7. The molecule has 0 aliphatic heterocycles. The Bertz CT molecular complexity index is 1210. The molecule has 0 saturated heterocycles. The van der Waals surface area contributed by atoms with Crippen molar-refractivity contribution in [2.75, 3.05) is 0 Å². The second-order valence-electron chi connectivity index (χ2n) is 7.90. The lowest BCUT2D eigenvalue weighted by atomic mass is 9.68. The normalized spacial score (nSPS) is 13.9. The van der Waals surface area contributed by atoms with Gasteiger partial charge in [0.05, 0.1) is 0 Å². The van der Waals surface area contributed by atoms with Crippen molar-refractivity contribution in [3.63, 3.8) is 0 Å². The molecule has 146 valence electrons. The highest BCUT2D eigenvalue weighted by molar-refractivity contribution is 5.90. The quantitative estimate of drug-likeness (QED) is 0.407. The highest BCUT2D eigenvalue weighted by atomic mass is 16.4. The van der Waals surface area contributed by atoms with Gasteiger partial charge in [-0.3, -0.25) is 4.79 Å². The summed E-state index contributed by atoms with van der Waals surface area (Å²) in [6.45, 7) is 0. The van der Waals surface area contributed by atoms with Crippen LogP contribution in [0.5, 0.6) is 0 Å². The molecule has 4 aromatic carbocycles. The van der Waals surface area contributed by atoms with E-state index in [4.69, 9.17) is 0 Å². The summed E-state index contributed by atoms with van der Waals surface area (Å²) in [5.74, 6) is -0.818. The number of hydrogen-bond acceptors (Lipinski definition) is 1. The number of fused-ring (bicyclic) bond motifs is 3. The van der Waals surface area contributed by atoms with E-state index in [0.29, 0.717) is 6.42 Å². The van der Waals surface area contributed by atoms with Gasteiger partial charge in [-0.15, -0.1) is 0 Å². The number of carboxylic acid groups (broad SMARTS) is 1. The van der Waals surface area contributed by atoms with E-state index in [1.54, 1.807) is 0 Å². The first kappa shape index (κ1) is 18.4. The monoisotopic (exact) mass is 390 g/mol. The third-order valence-electron chi connectivity index (χ3n) is 6.25. The maximum absolute atomic E-state index is 13.1. The van der Waals surface area contributed by atoms with Gasteiger partial charge in [0.15, 0.2) is 0 Å². The largest absolute Gasteiger partial charge is 0.480 e. The molecule has 1 atom stereocenters. The molecule has 1 N–H and O–H groups in total. The summed E-state index contributed by atoms with van der Waals surface area (Å²) in [7, 11) is 0. The molecule has 0 bridgehead atoms. The summed E-state index contributed by atoms with van der Waals surface area (Å²) in [6, 6.07) is 34.1. The predicted octanol–water partition coefficient (Wildman–Crippen LogP) is 5.87. The molecule has 0 spiro atoms. The van der Waals surface area contributed by atoms with Crippen molar-refractivity contribution >= 4 is 5.97 Å². The van der Waals surface area contributed by atoms with Crippen LogP contribution in [-0.4, -0.2) is 11.1 Å². The molecule has 1 aliphatic carbocycles. The van der Waals surface area contributed by atoms with Gasteiger partial charge in [-0.25, -0.2) is 0 Å². The lowest BCUT2D eigenvalue weighted by Gasteiger charge is -2.33. The van der Waals surface area contributed by atoms with Crippen LogP contribution in [0.1, 0.15) is 27.8 Å². The lowest BCUT2D eigenvalue weighted by Crippen LogP contribution is -2.40. The van der Waals surface area contributed by atoms with Crippen LogP contribution < -0.4 is 0 Å². The van der Waals surface area contributed by atoms with Crippen LogP contribution in [0.2, 0.25) is 0 Å². The van der Waals surface area contributed by atoms with Crippen LogP contribution in [0.4, 0.5) is 0 Å². The molecule has 4 aromatic rings. The highest BCUT2D eigenvalue weighted by Crippen LogP contribution is 2.45. The molecular formula is C28H22O2. The standard InChI is InChI=1S/C28H22O2/c29-27(30)28(22-13-5-2-6-14-22,19-20-10-3-1-4-11-20)26-17-9-16-24-23-15-8-7-12-21(23)18-25(24)26/h1-17H,18-19H2,(H,29,30). The summed E-state index contributed by atoms with van der Waals surface area (Å²) in [6.07, 6.45) is 1.16. The molecule has 1 unspecified atom stereocenters. The Kier molecular flexibility index (Phi) is 4.48. The minimum atomic E-state index is -1.16. The van der Waals surface area contributed by atoms with E-state index in [2.05, 4.69) is 24.3 Å². The van der Waals surface area contributed by atoms with E-state index in [1.165, 1.54) is 11.1 Å². The van der Waals surface area contributed by atoms with Gasteiger partial charge < -0.3 is 5.11 Å². The SMILES string of the molecule is O=C(O)C(Cc1ccccc1)(c1ccccc1)c1cccc2c1Cc1ccccc1-2. The van der Waals surface area contributed by atoms with Gasteiger partial charge in [-0.1, -0.05) is 103 Å². The molecule has 5 rings (SSSR count). The lowest BCUT2D eigenvalue weighted by molar-refractivity contribution is -0.142. The van der Waals surface area contributed by atoms with Gasteiger partial charge in [0.2, 0.25) is 0 Å². The fourth-order valence-corrected chi connectivity index (χ4v) is 4.85. The van der Waals surface area contributed by atoms with Crippen molar-refractivity contribution in [3.8, 4) is 11.1 Å². The Morgan fingerprint density at radius 1 is 0.733 bits per heavy atom. The third-order valence-corrected chi connectivity index (χ3v) is 6.25. The van der Waals surface area contributed by atoms with Gasteiger partial charge >= 0.3 is 5.97 Å². The summed E-state index contributed by atoms with van der Waals surface area (Å²) in [5.41, 5.74) is 6.30. The van der Waals surface area contributed by atoms with Crippen LogP contribution in [0.3, 0.4) is 0 Å². The second-order valence-corrected chi connectivity index (χ2v) is 7.90. The van der Waals surface area contributed by atoms with E-state index < -0.39 is 11.4 Å². The van der Waals surface area contributed by atoms with Crippen LogP contribution >= 0.6 is 0 Å². The second kappa shape index (κ2) is 7.31. The molecule has 1 aliphatic rings. The van der Waals surface area contributed by atoms with Crippen LogP contribution in [0.25, 0.3) is 11.1 Å². The van der Waals surface area contributed by atoms with E-state index in [9.17, 15) is 9.90 Å². The summed E-state index contributed by atoms with van der Waals surface area (Å²) < 4.78 is 0. The summed E-state index contributed by atoms with van der Waals surface area (Å²) in [4.78, 5) is 13.1. The van der Waals surface area contributed by atoms with Gasteiger partial charge in [-0.05, 0) is 51.8 Å². The number of rotatable bonds is 5. The van der Waals surface area contributed by atoms with Gasteiger partial charge in [0.25, 0.3) is 0 Å². The number of hydrogen-bond donors (Lipinski definition) is 1. The Morgan fingerprint density at radius 2 is 1.37 bits per heavy atom. The van der Waals surface area contributed by atoms with Crippen LogP contribution in [0, 0.1) is 0 Å². The first-order valence-corrected chi connectivity index (χ1v) is 10.2. The first-order valence-electron chi connectivity index (χ1n) is 10.2. The summed E-state index contributed by atoms with van der Waals surface area (Å²) >= 11 is 0.